The van der Waals surface area contributed by atoms with Crippen LogP contribution in [-0.4, -0.2) is 42.5 Å². The molecule has 0 radical (unpaired) electrons. The second kappa shape index (κ2) is 6.66. The van der Waals surface area contributed by atoms with Gasteiger partial charge in [-0.2, -0.15) is 13.2 Å². The van der Waals surface area contributed by atoms with Crippen LogP contribution in [0, 0.1) is 11.8 Å². The van der Waals surface area contributed by atoms with E-state index in [-0.39, 0.29) is 30.8 Å². The molecule has 7 heteroatoms. The number of alkyl halides is 3. The first kappa shape index (κ1) is 16.1. The molecule has 1 aliphatic heterocycles. The van der Waals surface area contributed by atoms with Gasteiger partial charge in [-0.05, 0) is 31.6 Å². The average molecular weight is 306 g/mol. The summed E-state index contributed by atoms with van der Waals surface area (Å²) >= 11 is 0. The Hall–Kier alpha value is -1.27. The molecule has 2 aliphatic rings. The van der Waals surface area contributed by atoms with Gasteiger partial charge >= 0.3 is 12.1 Å². The van der Waals surface area contributed by atoms with Crippen molar-refractivity contribution in [1.29, 1.82) is 0 Å². The average Bonchev–Trinajstić information content (AvgIpc) is 2.98. The Morgan fingerprint density at radius 2 is 1.62 bits per heavy atom. The molecule has 1 N–H and O–H groups in total. The number of hydrogen-bond donors (Lipinski definition) is 1. The number of piperidine rings is 1. The lowest BCUT2D eigenvalue weighted by Gasteiger charge is -2.32. The normalized spacial score (nSPS) is 21.6. The number of carbonyl (C=O) groups is 2. The summed E-state index contributed by atoms with van der Waals surface area (Å²) < 4.78 is 36.9. The Balaban J connectivity index is 1.69. The molecule has 0 aromatic rings. The second-order valence-electron chi connectivity index (χ2n) is 5.96. The fraction of sp³-hybridized carbons (Fsp3) is 0.857. The van der Waals surface area contributed by atoms with E-state index in [2.05, 4.69) is 5.32 Å². The number of likely N-dealkylation sites (tertiary alicyclic amines) is 1. The maximum absolute atomic E-state index is 12.3. The molecule has 1 saturated heterocycles. The van der Waals surface area contributed by atoms with Crippen molar-refractivity contribution < 1.29 is 22.8 Å². The highest BCUT2D eigenvalue weighted by Crippen LogP contribution is 2.26. The van der Waals surface area contributed by atoms with Crippen LogP contribution in [0.2, 0.25) is 0 Å². The topological polar surface area (TPSA) is 49.4 Å². The molecule has 4 nitrogen and oxygen atoms in total. The molecule has 0 aromatic carbocycles. The van der Waals surface area contributed by atoms with Crippen molar-refractivity contribution >= 4 is 11.8 Å². The smallest absolute Gasteiger partial charge is 0.356 e. The lowest BCUT2D eigenvalue weighted by atomic mass is 9.96. The molecule has 1 saturated carbocycles. The molecule has 1 heterocycles. The van der Waals surface area contributed by atoms with Gasteiger partial charge in [0.05, 0.1) is 0 Å². The summed E-state index contributed by atoms with van der Waals surface area (Å²) in [5.74, 6) is -1.42. The van der Waals surface area contributed by atoms with Crippen molar-refractivity contribution in [2.45, 2.75) is 44.7 Å². The summed E-state index contributed by atoms with van der Waals surface area (Å²) in [6, 6.07) is 0. The standard InChI is InChI=1S/C14H21F3N2O2/c15-14(16,17)13(21)19-7-5-10(6-8-19)9-18-12(20)11-3-1-2-4-11/h10-11H,1-9H2,(H,18,20). The number of nitrogens with one attached hydrogen (secondary N) is 1. The summed E-state index contributed by atoms with van der Waals surface area (Å²) in [4.78, 5) is 23.8. The van der Waals surface area contributed by atoms with E-state index in [0.717, 1.165) is 30.6 Å². The highest BCUT2D eigenvalue weighted by Gasteiger charge is 2.43. The molecule has 2 fully saturated rings. The number of rotatable bonds is 3. The molecule has 120 valence electrons. The molecule has 0 spiro atoms. The largest absolute Gasteiger partial charge is 0.471 e. The van der Waals surface area contributed by atoms with Gasteiger partial charge in [-0.15, -0.1) is 0 Å². The predicted molar refractivity (Wildman–Crippen MR) is 70.3 cm³/mol. The fourth-order valence-corrected chi connectivity index (χ4v) is 3.10. The van der Waals surface area contributed by atoms with E-state index in [4.69, 9.17) is 0 Å². The minimum absolute atomic E-state index is 0.0706. The van der Waals surface area contributed by atoms with Gasteiger partial charge in [-0.3, -0.25) is 9.59 Å². The maximum Gasteiger partial charge on any atom is 0.471 e. The molecule has 2 amide bonds. The van der Waals surface area contributed by atoms with E-state index in [0.29, 0.717) is 19.4 Å². The van der Waals surface area contributed by atoms with Crippen LogP contribution in [0.5, 0.6) is 0 Å². The first-order valence-corrected chi connectivity index (χ1v) is 7.51. The maximum atomic E-state index is 12.3. The zero-order valence-electron chi connectivity index (χ0n) is 11.9. The summed E-state index contributed by atoms with van der Waals surface area (Å²) in [6.07, 6.45) is 0.282. The molecule has 1 aliphatic carbocycles. The van der Waals surface area contributed by atoms with Gasteiger partial charge in [0.15, 0.2) is 0 Å². The molecule has 0 atom stereocenters. The van der Waals surface area contributed by atoms with Crippen LogP contribution in [0.1, 0.15) is 38.5 Å². The molecule has 21 heavy (non-hydrogen) atoms. The monoisotopic (exact) mass is 306 g/mol. The summed E-state index contributed by atoms with van der Waals surface area (Å²) in [5, 5.41) is 2.90. The van der Waals surface area contributed by atoms with Crippen LogP contribution in [0.4, 0.5) is 13.2 Å². The third-order valence-electron chi connectivity index (χ3n) is 4.44. The Morgan fingerprint density at radius 3 is 2.14 bits per heavy atom. The van der Waals surface area contributed by atoms with Crippen molar-refractivity contribution in [3.05, 3.63) is 0 Å². The van der Waals surface area contributed by atoms with Gasteiger partial charge in [-0.1, -0.05) is 12.8 Å². The Labute approximate surface area is 122 Å². The number of amides is 2. The van der Waals surface area contributed by atoms with E-state index in [9.17, 15) is 22.8 Å². The highest BCUT2D eigenvalue weighted by atomic mass is 19.4. The van der Waals surface area contributed by atoms with E-state index in [1.807, 2.05) is 0 Å². The first-order valence-electron chi connectivity index (χ1n) is 7.51. The van der Waals surface area contributed by atoms with Crippen LogP contribution in [-0.2, 0) is 9.59 Å². The van der Waals surface area contributed by atoms with Crippen molar-refractivity contribution in [2.24, 2.45) is 11.8 Å². The minimum atomic E-state index is -4.79. The van der Waals surface area contributed by atoms with Crippen LogP contribution in [0.25, 0.3) is 0 Å². The number of hydrogen-bond acceptors (Lipinski definition) is 2. The van der Waals surface area contributed by atoms with Gasteiger partial charge in [0, 0.05) is 25.6 Å². The number of nitrogens with zero attached hydrogens (tertiary/aromatic N) is 1. The van der Waals surface area contributed by atoms with Gasteiger partial charge in [0.2, 0.25) is 5.91 Å². The van der Waals surface area contributed by atoms with E-state index >= 15 is 0 Å². The second-order valence-corrected chi connectivity index (χ2v) is 5.96. The van der Waals surface area contributed by atoms with E-state index in [1.165, 1.54) is 0 Å². The number of halogens is 3. The molecule has 0 unspecified atom stereocenters. The minimum Gasteiger partial charge on any atom is -0.356 e. The first-order chi connectivity index (χ1) is 9.88. The van der Waals surface area contributed by atoms with Crippen LogP contribution < -0.4 is 5.32 Å². The van der Waals surface area contributed by atoms with Crippen LogP contribution >= 0.6 is 0 Å². The Kier molecular flexibility index (Phi) is 5.11. The zero-order valence-corrected chi connectivity index (χ0v) is 11.9. The summed E-state index contributed by atoms with van der Waals surface area (Å²) in [5.41, 5.74) is 0. The van der Waals surface area contributed by atoms with Crippen molar-refractivity contribution in [3.63, 3.8) is 0 Å². The molecular formula is C14H21F3N2O2. The van der Waals surface area contributed by atoms with Gasteiger partial charge in [0.25, 0.3) is 0 Å². The zero-order chi connectivity index (χ0) is 15.5. The van der Waals surface area contributed by atoms with E-state index in [1.54, 1.807) is 0 Å². The third-order valence-corrected chi connectivity index (χ3v) is 4.44. The Bertz CT molecular complexity index is 384. The lowest BCUT2D eigenvalue weighted by Crippen LogP contribution is -2.47. The van der Waals surface area contributed by atoms with Crippen molar-refractivity contribution in [2.75, 3.05) is 19.6 Å². The fourth-order valence-electron chi connectivity index (χ4n) is 3.10. The van der Waals surface area contributed by atoms with Crippen LogP contribution in [0.3, 0.4) is 0 Å². The SMILES string of the molecule is O=C(NCC1CCN(C(=O)C(F)(F)F)CC1)C1CCCC1. The molecule has 0 aromatic heterocycles. The van der Waals surface area contributed by atoms with Crippen molar-refractivity contribution in [1.82, 2.24) is 10.2 Å². The highest BCUT2D eigenvalue weighted by molar-refractivity contribution is 5.82. The third kappa shape index (κ3) is 4.35. The van der Waals surface area contributed by atoms with Gasteiger partial charge in [0.1, 0.15) is 0 Å². The molecule has 0 bridgehead atoms. The summed E-state index contributed by atoms with van der Waals surface area (Å²) in [6.45, 7) is 0.730. The van der Waals surface area contributed by atoms with E-state index < -0.39 is 12.1 Å². The predicted octanol–water partition coefficient (Wildman–Crippen LogP) is 2.09. The van der Waals surface area contributed by atoms with Crippen LogP contribution in [0.15, 0.2) is 0 Å². The van der Waals surface area contributed by atoms with Crippen molar-refractivity contribution in [3.8, 4) is 0 Å². The summed E-state index contributed by atoms with van der Waals surface area (Å²) in [7, 11) is 0. The molecule has 2 rings (SSSR count). The lowest BCUT2D eigenvalue weighted by molar-refractivity contribution is -0.186. The van der Waals surface area contributed by atoms with Gasteiger partial charge < -0.3 is 10.2 Å². The van der Waals surface area contributed by atoms with Gasteiger partial charge in [-0.25, -0.2) is 0 Å². The quantitative estimate of drug-likeness (QED) is 0.868. The number of carbonyl (C=O) groups excluding carboxylic acids is 2. The Morgan fingerprint density at radius 1 is 1.05 bits per heavy atom. The molecular weight excluding hydrogens is 285 g/mol.